The number of allylic oxidation sites excluding steroid dienone is 12. The van der Waals surface area contributed by atoms with Crippen molar-refractivity contribution in [2.75, 3.05) is 13.2 Å². The molecule has 6 heteroatoms. The van der Waals surface area contributed by atoms with Crippen molar-refractivity contribution < 1.29 is 28.6 Å². The summed E-state index contributed by atoms with van der Waals surface area (Å²) in [4.78, 5) is 38.2. The van der Waals surface area contributed by atoms with Gasteiger partial charge in [0.25, 0.3) is 0 Å². The number of carbonyl (C=O) groups is 3. The van der Waals surface area contributed by atoms with Crippen molar-refractivity contribution in [1.82, 2.24) is 0 Å². The fraction of sp³-hybridized carbons (Fsp3) is 0.762. The molecule has 0 aliphatic carbocycles. The van der Waals surface area contributed by atoms with E-state index in [1.165, 1.54) is 148 Å². The molecule has 0 rings (SSSR count). The molecule has 398 valence electrons. The number of esters is 3. The summed E-state index contributed by atoms with van der Waals surface area (Å²) < 4.78 is 16.9. The quantitative estimate of drug-likeness (QED) is 0.0262. The third-order valence-electron chi connectivity index (χ3n) is 12.7. The van der Waals surface area contributed by atoms with Crippen molar-refractivity contribution in [3.63, 3.8) is 0 Å². The molecule has 0 aromatic carbocycles. The van der Waals surface area contributed by atoms with Gasteiger partial charge in [0, 0.05) is 19.3 Å². The van der Waals surface area contributed by atoms with Crippen LogP contribution in [0.2, 0.25) is 0 Å². The molecule has 6 nitrogen and oxygen atoms in total. The average molecular weight is 964 g/mol. The maximum Gasteiger partial charge on any atom is 0.306 e. The molecule has 0 aromatic rings. The number of unbranched alkanes of at least 4 members (excludes halogenated alkanes) is 30. The number of carbonyl (C=O) groups excluding carboxylic acids is 3. The van der Waals surface area contributed by atoms with Gasteiger partial charge in [0.1, 0.15) is 13.2 Å². The molecule has 0 bridgehead atoms. The van der Waals surface area contributed by atoms with Crippen LogP contribution < -0.4 is 0 Å². The lowest BCUT2D eigenvalue weighted by Crippen LogP contribution is -2.30. The van der Waals surface area contributed by atoms with Crippen LogP contribution in [-0.2, 0) is 28.6 Å². The number of hydrogen-bond donors (Lipinski definition) is 0. The molecule has 0 fully saturated rings. The fourth-order valence-corrected chi connectivity index (χ4v) is 8.29. The van der Waals surface area contributed by atoms with E-state index in [1.54, 1.807) is 0 Å². The van der Waals surface area contributed by atoms with E-state index in [0.29, 0.717) is 19.3 Å². The molecule has 0 aliphatic rings. The first-order chi connectivity index (χ1) is 34.0. The van der Waals surface area contributed by atoms with Crippen molar-refractivity contribution >= 4 is 17.9 Å². The Labute approximate surface area is 427 Å². The van der Waals surface area contributed by atoms with Gasteiger partial charge in [-0.1, -0.05) is 254 Å². The van der Waals surface area contributed by atoms with Gasteiger partial charge in [0.15, 0.2) is 6.10 Å². The highest BCUT2D eigenvalue weighted by atomic mass is 16.6. The van der Waals surface area contributed by atoms with E-state index in [0.717, 1.165) is 103 Å². The van der Waals surface area contributed by atoms with Crippen LogP contribution in [0.15, 0.2) is 72.9 Å². The number of ether oxygens (including phenoxy) is 3. The molecule has 0 unspecified atom stereocenters. The van der Waals surface area contributed by atoms with Gasteiger partial charge in [-0.2, -0.15) is 0 Å². The Morgan fingerprint density at radius 1 is 0.304 bits per heavy atom. The molecular weight excluding hydrogens is 853 g/mol. The van der Waals surface area contributed by atoms with E-state index in [4.69, 9.17) is 14.2 Å². The SMILES string of the molecule is CC/C=C\C/C=C\C/C=C\C/C=C\C/C=C\CCCCCC(=O)OC[C@H](COC(=O)CCCCCCC/C=C\CCCCCCCC)OC(=O)CCCCCCCCCCCCCCCCCCC. The molecule has 0 N–H and O–H groups in total. The second kappa shape index (κ2) is 57.4. The van der Waals surface area contributed by atoms with Crippen LogP contribution >= 0.6 is 0 Å². The Bertz CT molecular complexity index is 1290. The van der Waals surface area contributed by atoms with Crippen LogP contribution in [0, 0.1) is 0 Å². The summed E-state index contributed by atoms with van der Waals surface area (Å²) in [6, 6.07) is 0. The first-order valence-corrected chi connectivity index (χ1v) is 29.4. The minimum atomic E-state index is -0.791. The van der Waals surface area contributed by atoms with Gasteiger partial charge in [-0.15, -0.1) is 0 Å². The van der Waals surface area contributed by atoms with Gasteiger partial charge < -0.3 is 14.2 Å². The van der Waals surface area contributed by atoms with Gasteiger partial charge in [-0.3, -0.25) is 14.4 Å². The lowest BCUT2D eigenvalue weighted by atomic mass is 10.0. The largest absolute Gasteiger partial charge is 0.462 e. The van der Waals surface area contributed by atoms with E-state index >= 15 is 0 Å². The maximum atomic E-state index is 12.9. The fourth-order valence-electron chi connectivity index (χ4n) is 8.29. The number of hydrogen-bond acceptors (Lipinski definition) is 6. The normalized spacial score (nSPS) is 12.6. The molecular formula is C63H110O6. The molecule has 0 amide bonds. The highest BCUT2D eigenvalue weighted by molar-refractivity contribution is 5.71. The lowest BCUT2D eigenvalue weighted by Gasteiger charge is -2.18. The molecule has 0 saturated carbocycles. The second-order valence-electron chi connectivity index (χ2n) is 19.5. The van der Waals surface area contributed by atoms with Gasteiger partial charge in [0.2, 0.25) is 0 Å². The zero-order chi connectivity index (χ0) is 50.0. The Kier molecular flexibility index (Phi) is 54.8. The van der Waals surface area contributed by atoms with Crippen LogP contribution in [0.1, 0.15) is 290 Å². The highest BCUT2D eigenvalue weighted by Gasteiger charge is 2.19. The summed E-state index contributed by atoms with van der Waals surface area (Å²) >= 11 is 0. The summed E-state index contributed by atoms with van der Waals surface area (Å²) in [5.41, 5.74) is 0. The topological polar surface area (TPSA) is 78.9 Å². The van der Waals surface area contributed by atoms with E-state index in [2.05, 4.69) is 93.7 Å². The Morgan fingerprint density at radius 3 is 0.913 bits per heavy atom. The summed E-state index contributed by atoms with van der Waals surface area (Å²) in [5, 5.41) is 0. The second-order valence-corrected chi connectivity index (χ2v) is 19.5. The van der Waals surface area contributed by atoms with Crippen molar-refractivity contribution in [3.8, 4) is 0 Å². The minimum absolute atomic E-state index is 0.0881. The lowest BCUT2D eigenvalue weighted by molar-refractivity contribution is -0.167. The zero-order valence-electron chi connectivity index (χ0n) is 45.6. The van der Waals surface area contributed by atoms with E-state index in [-0.39, 0.29) is 31.1 Å². The van der Waals surface area contributed by atoms with Gasteiger partial charge >= 0.3 is 17.9 Å². The smallest absolute Gasteiger partial charge is 0.306 e. The molecule has 1 atom stereocenters. The third kappa shape index (κ3) is 55.6. The maximum absolute atomic E-state index is 12.9. The summed E-state index contributed by atoms with van der Waals surface area (Å²) in [6.45, 7) is 6.52. The van der Waals surface area contributed by atoms with Crippen LogP contribution in [0.4, 0.5) is 0 Å². The Balaban J connectivity index is 4.43. The molecule has 0 aliphatic heterocycles. The number of rotatable bonds is 53. The third-order valence-corrected chi connectivity index (χ3v) is 12.7. The summed E-state index contributed by atoms with van der Waals surface area (Å²) in [6.07, 6.45) is 73.2. The van der Waals surface area contributed by atoms with Crippen LogP contribution in [0.3, 0.4) is 0 Å². The van der Waals surface area contributed by atoms with Gasteiger partial charge in [-0.25, -0.2) is 0 Å². The van der Waals surface area contributed by atoms with Crippen molar-refractivity contribution in [1.29, 1.82) is 0 Å². The zero-order valence-corrected chi connectivity index (χ0v) is 45.6. The molecule has 0 heterocycles. The molecule has 0 radical (unpaired) electrons. The van der Waals surface area contributed by atoms with Crippen LogP contribution in [0.25, 0.3) is 0 Å². The molecule has 0 spiro atoms. The molecule has 0 aromatic heterocycles. The highest BCUT2D eigenvalue weighted by Crippen LogP contribution is 2.16. The average Bonchev–Trinajstić information content (AvgIpc) is 3.35. The van der Waals surface area contributed by atoms with Gasteiger partial charge in [-0.05, 0) is 89.9 Å². The monoisotopic (exact) mass is 963 g/mol. The summed E-state index contributed by atoms with van der Waals surface area (Å²) in [5.74, 6) is -0.917. The minimum Gasteiger partial charge on any atom is -0.462 e. The Morgan fingerprint density at radius 2 is 0.565 bits per heavy atom. The molecule has 69 heavy (non-hydrogen) atoms. The first-order valence-electron chi connectivity index (χ1n) is 29.4. The van der Waals surface area contributed by atoms with Crippen molar-refractivity contribution in [2.45, 2.75) is 297 Å². The standard InChI is InChI=1S/C63H110O6/c1-4-7-10-13-16-19-22-25-28-30-31-33-35-38-41-44-47-50-53-56-62(65)68-59-60(58-67-61(64)55-52-49-46-43-40-37-34-27-24-21-18-15-12-9-6-3)69-63(66)57-54-51-48-45-42-39-36-32-29-26-23-20-17-14-11-8-5-2/h7,10,16,19,25,27-28,31,33-34,38,41,60H,4-6,8-9,11-15,17-18,20-24,26,29-30,32,35-37,39-40,42-59H2,1-3H3/b10-7-,19-16-,28-25-,33-31-,34-27-,41-38-/t60-/m0/s1. The van der Waals surface area contributed by atoms with Gasteiger partial charge in [0.05, 0.1) is 0 Å². The predicted molar refractivity (Wildman–Crippen MR) is 298 cm³/mol. The van der Waals surface area contributed by atoms with Crippen molar-refractivity contribution in [2.24, 2.45) is 0 Å². The van der Waals surface area contributed by atoms with Crippen LogP contribution in [0.5, 0.6) is 0 Å². The predicted octanol–water partition coefficient (Wildman–Crippen LogP) is 19.8. The van der Waals surface area contributed by atoms with Crippen LogP contribution in [-0.4, -0.2) is 37.2 Å². The molecule has 0 saturated heterocycles. The van der Waals surface area contributed by atoms with E-state index < -0.39 is 6.10 Å². The summed E-state index contributed by atoms with van der Waals surface area (Å²) in [7, 11) is 0. The van der Waals surface area contributed by atoms with E-state index in [1.807, 2.05) is 0 Å². The first kappa shape index (κ1) is 65.8. The van der Waals surface area contributed by atoms with Crippen molar-refractivity contribution in [3.05, 3.63) is 72.9 Å². The Hall–Kier alpha value is -3.15. The van der Waals surface area contributed by atoms with E-state index in [9.17, 15) is 14.4 Å².